The summed E-state index contributed by atoms with van der Waals surface area (Å²) in [6, 6.07) is 6.97. The molecule has 0 aromatic carbocycles. The molecule has 1 aliphatic carbocycles. The lowest BCUT2D eigenvalue weighted by molar-refractivity contribution is 0.686. The third-order valence-corrected chi connectivity index (χ3v) is 3.13. The van der Waals surface area contributed by atoms with Gasteiger partial charge in [0.1, 0.15) is 5.82 Å². The van der Waals surface area contributed by atoms with Crippen molar-refractivity contribution in [2.75, 3.05) is 5.32 Å². The van der Waals surface area contributed by atoms with E-state index in [-0.39, 0.29) is 0 Å². The van der Waals surface area contributed by atoms with Gasteiger partial charge in [0.05, 0.1) is 0 Å². The maximum atomic E-state index is 4.42. The van der Waals surface area contributed by atoms with Crippen LogP contribution in [0.15, 0.2) is 36.8 Å². The SMILES string of the molecule is c1cc(CNc2ccc(CNC3CC3)cn2)c[nH]1. The minimum absolute atomic E-state index is 0.747. The number of hydrogen-bond donors (Lipinski definition) is 3. The van der Waals surface area contributed by atoms with Gasteiger partial charge in [-0.3, -0.25) is 0 Å². The summed E-state index contributed by atoms with van der Waals surface area (Å²) in [6.07, 6.45) is 8.50. The van der Waals surface area contributed by atoms with E-state index in [1.54, 1.807) is 0 Å². The molecule has 0 radical (unpaired) electrons. The lowest BCUT2D eigenvalue weighted by Crippen LogP contribution is -2.15. The molecule has 94 valence electrons. The molecule has 1 saturated carbocycles. The van der Waals surface area contributed by atoms with Crippen molar-refractivity contribution in [2.45, 2.75) is 32.0 Å². The first-order chi connectivity index (χ1) is 8.90. The number of pyridine rings is 1. The van der Waals surface area contributed by atoms with Crippen molar-refractivity contribution in [1.82, 2.24) is 15.3 Å². The van der Waals surface area contributed by atoms with Gasteiger partial charge >= 0.3 is 0 Å². The number of nitrogens with one attached hydrogen (secondary N) is 3. The Morgan fingerprint density at radius 3 is 2.78 bits per heavy atom. The number of rotatable bonds is 6. The van der Waals surface area contributed by atoms with Gasteiger partial charge in [0.15, 0.2) is 0 Å². The van der Waals surface area contributed by atoms with Crippen LogP contribution in [0.3, 0.4) is 0 Å². The fourth-order valence-electron chi connectivity index (χ4n) is 1.84. The Kier molecular flexibility index (Phi) is 3.28. The highest BCUT2D eigenvalue weighted by Crippen LogP contribution is 2.19. The van der Waals surface area contributed by atoms with Gasteiger partial charge in [0.25, 0.3) is 0 Å². The minimum Gasteiger partial charge on any atom is -0.367 e. The third kappa shape index (κ3) is 3.11. The lowest BCUT2D eigenvalue weighted by Gasteiger charge is -2.06. The summed E-state index contributed by atoms with van der Waals surface area (Å²) in [5.41, 5.74) is 2.48. The Balaban J connectivity index is 1.50. The van der Waals surface area contributed by atoms with Crippen LogP contribution in [0.1, 0.15) is 24.0 Å². The molecule has 18 heavy (non-hydrogen) atoms. The van der Waals surface area contributed by atoms with Crippen molar-refractivity contribution in [2.24, 2.45) is 0 Å². The molecule has 3 rings (SSSR count). The van der Waals surface area contributed by atoms with Gasteiger partial charge in [-0.05, 0) is 36.1 Å². The van der Waals surface area contributed by atoms with Crippen molar-refractivity contribution >= 4 is 5.82 Å². The first-order valence-electron chi connectivity index (χ1n) is 6.44. The van der Waals surface area contributed by atoms with E-state index in [0.717, 1.165) is 24.9 Å². The summed E-state index contributed by atoms with van der Waals surface area (Å²) in [7, 11) is 0. The number of hydrogen-bond acceptors (Lipinski definition) is 3. The Labute approximate surface area is 107 Å². The number of H-pyrrole nitrogens is 1. The number of nitrogens with zero attached hydrogens (tertiary/aromatic N) is 1. The average molecular weight is 242 g/mol. The molecule has 2 aromatic rings. The zero-order valence-corrected chi connectivity index (χ0v) is 10.3. The first-order valence-corrected chi connectivity index (χ1v) is 6.44. The predicted molar refractivity (Wildman–Crippen MR) is 72.2 cm³/mol. The Hall–Kier alpha value is -1.81. The number of aromatic nitrogens is 2. The van der Waals surface area contributed by atoms with Crippen molar-refractivity contribution in [3.05, 3.63) is 47.9 Å². The molecule has 3 N–H and O–H groups in total. The molecule has 4 nitrogen and oxygen atoms in total. The van der Waals surface area contributed by atoms with Crippen LogP contribution in [0, 0.1) is 0 Å². The van der Waals surface area contributed by atoms with Gasteiger partial charge in [-0.15, -0.1) is 0 Å². The van der Waals surface area contributed by atoms with Crippen LogP contribution in [-0.2, 0) is 13.1 Å². The third-order valence-electron chi connectivity index (χ3n) is 3.13. The zero-order valence-electron chi connectivity index (χ0n) is 10.3. The standard InChI is InChI=1S/C14H18N4/c1-4-14(18-10-12-5-6-15-7-12)17-9-11(1)8-16-13-2-3-13/h1,4-7,9,13,15-16H,2-3,8,10H2,(H,17,18). The molecule has 1 aliphatic rings. The Bertz CT molecular complexity index is 471. The smallest absolute Gasteiger partial charge is 0.126 e. The first kappa shape index (κ1) is 11.3. The van der Waals surface area contributed by atoms with Crippen molar-refractivity contribution in [3.63, 3.8) is 0 Å². The fourth-order valence-corrected chi connectivity index (χ4v) is 1.84. The number of aromatic amines is 1. The number of anilines is 1. The van der Waals surface area contributed by atoms with Crippen molar-refractivity contribution in [3.8, 4) is 0 Å². The summed E-state index contributed by atoms with van der Waals surface area (Å²) in [5.74, 6) is 0.923. The maximum absolute atomic E-state index is 4.42. The van der Waals surface area contributed by atoms with E-state index in [0.29, 0.717) is 0 Å². The summed E-state index contributed by atoms with van der Waals surface area (Å²) in [6.45, 7) is 1.73. The van der Waals surface area contributed by atoms with Crippen molar-refractivity contribution < 1.29 is 0 Å². The van der Waals surface area contributed by atoms with Crippen LogP contribution in [0.4, 0.5) is 5.82 Å². The maximum Gasteiger partial charge on any atom is 0.126 e. The molecule has 0 amide bonds. The highest BCUT2D eigenvalue weighted by atomic mass is 15.0. The Morgan fingerprint density at radius 2 is 2.11 bits per heavy atom. The van der Waals surface area contributed by atoms with E-state index in [2.05, 4.69) is 32.7 Å². The molecule has 1 fully saturated rings. The molecular weight excluding hydrogens is 224 g/mol. The highest BCUT2D eigenvalue weighted by Gasteiger charge is 2.19. The second-order valence-corrected chi connectivity index (χ2v) is 4.78. The summed E-state index contributed by atoms with van der Waals surface area (Å²) in [4.78, 5) is 7.45. The van der Waals surface area contributed by atoms with E-state index >= 15 is 0 Å². The largest absolute Gasteiger partial charge is 0.367 e. The van der Waals surface area contributed by atoms with Gasteiger partial charge < -0.3 is 15.6 Å². The highest BCUT2D eigenvalue weighted by molar-refractivity contribution is 5.36. The quantitative estimate of drug-likeness (QED) is 0.728. The Morgan fingerprint density at radius 1 is 1.17 bits per heavy atom. The molecule has 2 heterocycles. The normalized spacial score (nSPS) is 14.7. The summed E-state index contributed by atoms with van der Waals surface area (Å²) < 4.78 is 0. The molecule has 0 saturated heterocycles. The van der Waals surface area contributed by atoms with Crippen LogP contribution in [0.5, 0.6) is 0 Å². The molecule has 2 aromatic heterocycles. The second-order valence-electron chi connectivity index (χ2n) is 4.78. The van der Waals surface area contributed by atoms with Gasteiger partial charge in [0, 0.05) is 37.7 Å². The van der Waals surface area contributed by atoms with Crippen LogP contribution in [0.2, 0.25) is 0 Å². The van der Waals surface area contributed by atoms with E-state index in [1.165, 1.54) is 24.0 Å². The predicted octanol–water partition coefficient (Wildman–Crippen LogP) is 2.27. The molecule has 0 spiro atoms. The average Bonchev–Trinajstić information content (AvgIpc) is 3.09. The van der Waals surface area contributed by atoms with Crippen LogP contribution in [-0.4, -0.2) is 16.0 Å². The van der Waals surface area contributed by atoms with E-state index < -0.39 is 0 Å². The summed E-state index contributed by atoms with van der Waals surface area (Å²) >= 11 is 0. The van der Waals surface area contributed by atoms with E-state index in [4.69, 9.17) is 0 Å². The molecule has 0 unspecified atom stereocenters. The van der Waals surface area contributed by atoms with Gasteiger partial charge in [-0.25, -0.2) is 4.98 Å². The van der Waals surface area contributed by atoms with E-state index in [9.17, 15) is 0 Å². The monoisotopic (exact) mass is 242 g/mol. The van der Waals surface area contributed by atoms with Gasteiger partial charge in [-0.1, -0.05) is 6.07 Å². The van der Waals surface area contributed by atoms with Crippen LogP contribution < -0.4 is 10.6 Å². The second kappa shape index (κ2) is 5.23. The molecule has 4 heteroatoms. The van der Waals surface area contributed by atoms with Gasteiger partial charge in [-0.2, -0.15) is 0 Å². The molecule has 0 bridgehead atoms. The van der Waals surface area contributed by atoms with Crippen molar-refractivity contribution in [1.29, 1.82) is 0 Å². The molecular formula is C14H18N4. The summed E-state index contributed by atoms with van der Waals surface area (Å²) in [5, 5.41) is 6.78. The topological polar surface area (TPSA) is 52.7 Å². The lowest BCUT2D eigenvalue weighted by atomic mass is 10.2. The van der Waals surface area contributed by atoms with Crippen LogP contribution >= 0.6 is 0 Å². The van der Waals surface area contributed by atoms with E-state index in [1.807, 2.05) is 24.7 Å². The fraction of sp³-hybridized carbons (Fsp3) is 0.357. The van der Waals surface area contributed by atoms with Crippen LogP contribution in [0.25, 0.3) is 0 Å². The molecule has 0 aliphatic heterocycles. The minimum atomic E-state index is 0.747. The van der Waals surface area contributed by atoms with Gasteiger partial charge in [0.2, 0.25) is 0 Å². The molecule has 0 atom stereocenters. The zero-order chi connectivity index (χ0) is 12.2.